The number of para-hydroxylation sites is 1. The predicted molar refractivity (Wildman–Crippen MR) is 81.3 cm³/mol. The summed E-state index contributed by atoms with van der Waals surface area (Å²) < 4.78 is 5.68. The predicted octanol–water partition coefficient (Wildman–Crippen LogP) is 2.86. The molecule has 1 heterocycles. The molecule has 6 nitrogen and oxygen atoms in total. The molecule has 0 aliphatic heterocycles. The monoisotopic (exact) mass is 302 g/mol. The van der Waals surface area contributed by atoms with E-state index in [0.29, 0.717) is 30.2 Å². The molecular formula is C16H18N2O4. The van der Waals surface area contributed by atoms with Crippen molar-refractivity contribution >= 4 is 5.69 Å². The largest absolute Gasteiger partial charge is 0.459 e. The van der Waals surface area contributed by atoms with Gasteiger partial charge in [0.05, 0.1) is 22.6 Å². The van der Waals surface area contributed by atoms with Gasteiger partial charge in [-0.05, 0) is 37.5 Å². The smallest absolute Gasteiger partial charge is 0.280 e. The van der Waals surface area contributed by atoms with Gasteiger partial charge in [-0.3, -0.25) is 10.1 Å². The lowest BCUT2D eigenvalue weighted by atomic mass is 9.80. The van der Waals surface area contributed by atoms with Crippen LogP contribution in [0, 0.1) is 10.1 Å². The number of hydrogen-bond acceptors (Lipinski definition) is 5. The van der Waals surface area contributed by atoms with Crippen LogP contribution in [0.3, 0.4) is 0 Å². The first-order valence-corrected chi connectivity index (χ1v) is 7.33. The van der Waals surface area contributed by atoms with Crippen molar-refractivity contribution in [2.45, 2.75) is 31.4 Å². The lowest BCUT2D eigenvalue weighted by Gasteiger charge is -2.36. The summed E-state index contributed by atoms with van der Waals surface area (Å²) in [6.07, 6.45) is 2.74. The van der Waals surface area contributed by atoms with Gasteiger partial charge in [-0.25, -0.2) is 0 Å². The second kappa shape index (κ2) is 5.90. The number of nitrogens with zero attached hydrogens (tertiary/aromatic N) is 1. The van der Waals surface area contributed by atoms with Crippen LogP contribution in [0.1, 0.15) is 25.0 Å². The van der Waals surface area contributed by atoms with Crippen LogP contribution in [-0.4, -0.2) is 22.2 Å². The van der Waals surface area contributed by atoms with Crippen LogP contribution in [-0.2, 0) is 6.54 Å². The maximum atomic E-state index is 11.0. The van der Waals surface area contributed by atoms with Gasteiger partial charge >= 0.3 is 0 Å². The molecule has 3 rings (SSSR count). The highest BCUT2D eigenvalue weighted by molar-refractivity contribution is 5.69. The molecule has 1 aromatic heterocycles. The van der Waals surface area contributed by atoms with Gasteiger partial charge in [0.1, 0.15) is 11.5 Å². The Labute approximate surface area is 127 Å². The Kier molecular flexibility index (Phi) is 3.96. The molecule has 6 heteroatoms. The van der Waals surface area contributed by atoms with E-state index in [1.54, 1.807) is 30.3 Å². The van der Waals surface area contributed by atoms with Gasteiger partial charge < -0.3 is 14.8 Å². The maximum Gasteiger partial charge on any atom is 0.280 e. The Hall–Kier alpha value is -2.18. The van der Waals surface area contributed by atoms with Gasteiger partial charge in [0.25, 0.3) is 5.69 Å². The van der Waals surface area contributed by atoms with Crippen molar-refractivity contribution in [2.75, 3.05) is 6.54 Å². The van der Waals surface area contributed by atoms with Crippen molar-refractivity contribution in [3.05, 3.63) is 52.3 Å². The molecule has 22 heavy (non-hydrogen) atoms. The van der Waals surface area contributed by atoms with Crippen molar-refractivity contribution < 1.29 is 14.4 Å². The molecule has 1 aliphatic carbocycles. The van der Waals surface area contributed by atoms with E-state index >= 15 is 0 Å². The summed E-state index contributed by atoms with van der Waals surface area (Å²) in [4.78, 5) is 10.6. The van der Waals surface area contributed by atoms with Crippen LogP contribution < -0.4 is 5.32 Å². The molecule has 1 saturated carbocycles. The molecule has 0 unspecified atom stereocenters. The molecule has 1 fully saturated rings. The van der Waals surface area contributed by atoms with Crippen LogP contribution in [0.2, 0.25) is 0 Å². The van der Waals surface area contributed by atoms with Crippen molar-refractivity contribution in [1.82, 2.24) is 5.32 Å². The van der Waals surface area contributed by atoms with Crippen molar-refractivity contribution in [3.63, 3.8) is 0 Å². The normalized spacial score (nSPS) is 16.2. The maximum absolute atomic E-state index is 11.0. The SMILES string of the molecule is O=[N+]([O-])c1ccccc1-c1ccc(CNCC2(O)CCC2)o1. The molecule has 0 bridgehead atoms. The Bertz CT molecular complexity index is 676. The van der Waals surface area contributed by atoms with Crippen molar-refractivity contribution in [3.8, 4) is 11.3 Å². The number of furan rings is 1. The number of nitro benzene ring substituents is 1. The molecule has 1 aromatic carbocycles. The van der Waals surface area contributed by atoms with Gasteiger partial charge in [-0.15, -0.1) is 0 Å². The highest BCUT2D eigenvalue weighted by atomic mass is 16.6. The fourth-order valence-electron chi connectivity index (χ4n) is 2.64. The Morgan fingerprint density at radius 3 is 2.73 bits per heavy atom. The molecule has 116 valence electrons. The summed E-state index contributed by atoms with van der Waals surface area (Å²) in [5.41, 5.74) is -0.0790. The number of rotatable bonds is 6. The van der Waals surface area contributed by atoms with Crippen LogP contribution in [0.15, 0.2) is 40.8 Å². The Morgan fingerprint density at radius 1 is 1.27 bits per heavy atom. The Morgan fingerprint density at radius 2 is 2.05 bits per heavy atom. The quantitative estimate of drug-likeness (QED) is 0.632. The highest BCUT2D eigenvalue weighted by Crippen LogP contribution is 2.32. The fraction of sp³-hybridized carbons (Fsp3) is 0.375. The standard InChI is InChI=1S/C16H18N2O4/c19-16(8-3-9-16)11-17-10-12-6-7-15(22-12)13-4-1-2-5-14(13)18(20)21/h1-2,4-7,17,19H,3,8-11H2. The minimum atomic E-state index is -0.576. The van der Waals surface area contributed by atoms with E-state index in [2.05, 4.69) is 5.32 Å². The van der Waals surface area contributed by atoms with E-state index in [-0.39, 0.29) is 5.69 Å². The third-order valence-electron chi connectivity index (χ3n) is 4.07. The second-order valence-electron chi connectivity index (χ2n) is 5.72. The summed E-state index contributed by atoms with van der Waals surface area (Å²) in [5.74, 6) is 1.17. The van der Waals surface area contributed by atoms with E-state index in [4.69, 9.17) is 4.42 Å². The van der Waals surface area contributed by atoms with Crippen LogP contribution >= 0.6 is 0 Å². The number of nitrogens with one attached hydrogen (secondary N) is 1. The Balaban J connectivity index is 1.67. The van der Waals surface area contributed by atoms with Crippen LogP contribution in [0.4, 0.5) is 5.69 Å². The number of benzene rings is 1. The van der Waals surface area contributed by atoms with E-state index in [0.717, 1.165) is 19.3 Å². The van der Waals surface area contributed by atoms with E-state index in [9.17, 15) is 15.2 Å². The van der Waals surface area contributed by atoms with Gasteiger partial charge in [-0.2, -0.15) is 0 Å². The molecule has 1 aliphatic rings. The lowest BCUT2D eigenvalue weighted by Crippen LogP contribution is -2.45. The third-order valence-corrected chi connectivity index (χ3v) is 4.07. The average Bonchev–Trinajstić information content (AvgIpc) is 2.94. The van der Waals surface area contributed by atoms with Crippen molar-refractivity contribution in [1.29, 1.82) is 0 Å². The molecule has 2 aromatic rings. The zero-order valence-corrected chi connectivity index (χ0v) is 12.1. The minimum Gasteiger partial charge on any atom is -0.459 e. The van der Waals surface area contributed by atoms with Gasteiger partial charge in [0.2, 0.25) is 0 Å². The van der Waals surface area contributed by atoms with Crippen LogP contribution in [0.5, 0.6) is 0 Å². The molecule has 0 radical (unpaired) electrons. The number of nitro groups is 1. The molecule has 0 spiro atoms. The first kappa shape index (κ1) is 14.7. The third kappa shape index (κ3) is 3.03. The molecular weight excluding hydrogens is 284 g/mol. The summed E-state index contributed by atoms with van der Waals surface area (Å²) in [6, 6.07) is 10.0. The summed E-state index contributed by atoms with van der Waals surface area (Å²) >= 11 is 0. The van der Waals surface area contributed by atoms with Gasteiger partial charge in [0.15, 0.2) is 0 Å². The highest BCUT2D eigenvalue weighted by Gasteiger charge is 2.33. The van der Waals surface area contributed by atoms with Gasteiger partial charge in [0, 0.05) is 12.6 Å². The van der Waals surface area contributed by atoms with Crippen molar-refractivity contribution in [2.24, 2.45) is 0 Å². The average molecular weight is 302 g/mol. The summed E-state index contributed by atoms with van der Waals surface area (Å²) in [6.45, 7) is 1.03. The first-order chi connectivity index (χ1) is 10.6. The number of aliphatic hydroxyl groups is 1. The van der Waals surface area contributed by atoms with E-state index < -0.39 is 10.5 Å². The fourth-order valence-corrected chi connectivity index (χ4v) is 2.64. The zero-order chi connectivity index (χ0) is 15.6. The molecule has 0 atom stereocenters. The minimum absolute atomic E-state index is 0.0279. The van der Waals surface area contributed by atoms with E-state index in [1.165, 1.54) is 6.07 Å². The molecule has 0 saturated heterocycles. The van der Waals surface area contributed by atoms with Crippen LogP contribution in [0.25, 0.3) is 11.3 Å². The zero-order valence-electron chi connectivity index (χ0n) is 12.1. The summed E-state index contributed by atoms with van der Waals surface area (Å²) in [7, 11) is 0. The lowest BCUT2D eigenvalue weighted by molar-refractivity contribution is -0.384. The molecule has 0 amide bonds. The topological polar surface area (TPSA) is 88.5 Å². The first-order valence-electron chi connectivity index (χ1n) is 7.33. The van der Waals surface area contributed by atoms with Gasteiger partial charge in [-0.1, -0.05) is 12.1 Å². The van der Waals surface area contributed by atoms with E-state index in [1.807, 2.05) is 0 Å². The molecule has 2 N–H and O–H groups in total. The second-order valence-corrected chi connectivity index (χ2v) is 5.72. The number of hydrogen-bond donors (Lipinski definition) is 2. The summed E-state index contributed by atoms with van der Waals surface area (Å²) in [5, 5.41) is 24.2.